The third-order valence-electron chi connectivity index (χ3n) is 10.6. The number of anilines is 1. The van der Waals surface area contributed by atoms with Crippen molar-refractivity contribution in [2.45, 2.75) is 69.8 Å². The van der Waals surface area contributed by atoms with Crippen LogP contribution in [0.3, 0.4) is 0 Å². The Kier molecular flexibility index (Phi) is 10.6. The number of ether oxygens (including phenoxy) is 4. The zero-order valence-corrected chi connectivity index (χ0v) is 30.9. The second kappa shape index (κ2) is 14.6. The van der Waals surface area contributed by atoms with Crippen LogP contribution >= 0.6 is 7.14 Å². The van der Waals surface area contributed by atoms with Crippen LogP contribution in [0.2, 0.25) is 0 Å². The molecule has 0 bridgehead atoms. The zero-order valence-electron chi connectivity index (χ0n) is 29.2. The van der Waals surface area contributed by atoms with Crippen LogP contribution in [0.5, 0.6) is 23.0 Å². The fourth-order valence-corrected chi connectivity index (χ4v) is 11.4. The predicted octanol–water partition coefficient (Wildman–Crippen LogP) is 4.98. The van der Waals surface area contributed by atoms with Gasteiger partial charge in [0.2, 0.25) is 0 Å². The Balaban J connectivity index is 1.14. The summed E-state index contributed by atoms with van der Waals surface area (Å²) in [4.78, 5) is 30.3. The molecule has 2 aromatic carbocycles. The third kappa shape index (κ3) is 7.16. The predicted molar refractivity (Wildman–Crippen MR) is 189 cm³/mol. The second-order valence-corrected chi connectivity index (χ2v) is 18.8. The van der Waals surface area contributed by atoms with Crippen molar-refractivity contribution in [2.24, 2.45) is 5.92 Å². The van der Waals surface area contributed by atoms with Crippen molar-refractivity contribution in [3.63, 3.8) is 0 Å². The molecule has 13 nitrogen and oxygen atoms in total. The number of carbonyl (C=O) groups excluding carboxylic acids is 2. The van der Waals surface area contributed by atoms with Gasteiger partial charge in [-0.25, -0.2) is 0 Å². The molecule has 5 atom stereocenters. The summed E-state index contributed by atoms with van der Waals surface area (Å²) in [5.41, 5.74) is 2.01. The quantitative estimate of drug-likeness (QED) is 0.211. The van der Waals surface area contributed by atoms with E-state index in [4.69, 9.17) is 18.9 Å². The van der Waals surface area contributed by atoms with Crippen LogP contribution < -0.4 is 24.3 Å². The van der Waals surface area contributed by atoms with Crippen molar-refractivity contribution in [3.05, 3.63) is 41.0 Å². The summed E-state index contributed by atoms with van der Waals surface area (Å²) in [6, 6.07) is 6.21. The van der Waals surface area contributed by atoms with Crippen LogP contribution in [-0.2, 0) is 21.1 Å². The molecule has 2 amide bonds. The highest BCUT2D eigenvalue weighted by atomic mass is 32.2. The van der Waals surface area contributed by atoms with Gasteiger partial charge in [0.25, 0.3) is 21.9 Å². The van der Waals surface area contributed by atoms with Crippen molar-refractivity contribution in [2.75, 3.05) is 64.3 Å². The van der Waals surface area contributed by atoms with Crippen LogP contribution in [0.25, 0.3) is 0 Å². The van der Waals surface area contributed by atoms with E-state index in [0.717, 1.165) is 31.4 Å². The molecule has 0 saturated carbocycles. The van der Waals surface area contributed by atoms with E-state index in [1.54, 1.807) is 13.2 Å². The van der Waals surface area contributed by atoms with E-state index < -0.39 is 28.7 Å². The number of methoxy groups -OCH3 is 2. The number of carbonyl (C=O) groups is 2. The fourth-order valence-electron chi connectivity index (χ4n) is 8.07. The maximum absolute atomic E-state index is 14.1. The highest BCUT2D eigenvalue weighted by Crippen LogP contribution is 2.47. The van der Waals surface area contributed by atoms with Crippen molar-refractivity contribution in [1.29, 1.82) is 0 Å². The molecule has 274 valence electrons. The average Bonchev–Trinajstić information content (AvgIpc) is 3.73. The van der Waals surface area contributed by atoms with E-state index in [-0.39, 0.29) is 60.0 Å². The molecule has 2 N–H and O–H groups in total. The molecule has 50 heavy (non-hydrogen) atoms. The van der Waals surface area contributed by atoms with Crippen molar-refractivity contribution >= 4 is 34.8 Å². The van der Waals surface area contributed by atoms with Gasteiger partial charge in [0.15, 0.2) is 28.4 Å². The Hall–Kier alpha value is -3.48. The van der Waals surface area contributed by atoms with E-state index in [2.05, 4.69) is 12.2 Å². The van der Waals surface area contributed by atoms with Gasteiger partial charge in [0.05, 0.1) is 51.9 Å². The van der Waals surface area contributed by atoms with Crippen molar-refractivity contribution in [3.8, 4) is 23.0 Å². The lowest BCUT2D eigenvalue weighted by Gasteiger charge is -2.27. The van der Waals surface area contributed by atoms with Crippen LogP contribution in [0.15, 0.2) is 24.3 Å². The molecule has 6 rings (SSSR count). The van der Waals surface area contributed by atoms with E-state index in [1.807, 2.05) is 17.9 Å². The van der Waals surface area contributed by atoms with Gasteiger partial charge in [-0.3, -0.25) is 14.1 Å². The summed E-state index contributed by atoms with van der Waals surface area (Å²) in [6.07, 6.45) is 5.63. The first-order valence-electron chi connectivity index (χ1n) is 17.5. The largest absolute Gasteiger partial charge is 0.493 e. The van der Waals surface area contributed by atoms with Gasteiger partial charge in [-0.05, 0) is 68.2 Å². The van der Waals surface area contributed by atoms with Gasteiger partial charge in [0.1, 0.15) is 0 Å². The normalized spacial score (nSPS) is 24.2. The highest BCUT2D eigenvalue weighted by molar-refractivity contribution is 7.86. The number of hydrogen-bond acceptors (Lipinski definition) is 10. The van der Waals surface area contributed by atoms with Gasteiger partial charge < -0.3 is 38.6 Å². The fraction of sp³-hybridized carbons (Fsp3) is 0.600. The molecule has 3 unspecified atom stereocenters. The third-order valence-corrected chi connectivity index (χ3v) is 14.9. The summed E-state index contributed by atoms with van der Waals surface area (Å²) in [6.45, 7) is 5.58. The Morgan fingerprint density at radius 2 is 1.40 bits per heavy atom. The molecular weight excluding hydrogens is 685 g/mol. The SMILES string of the molecule is CCCP(=O)(CCOc1cc2c(cc1OC)C(=O)N1CCC[C@H]1C(C)C2)CCOc1cc2c(cc1OC)C(=O)N1CCC[C@H]1C(S(=O)(=O)O)N2. The van der Waals surface area contributed by atoms with Crippen molar-refractivity contribution < 1.29 is 46.1 Å². The number of nitrogens with one attached hydrogen (secondary N) is 1. The van der Waals surface area contributed by atoms with Crippen molar-refractivity contribution in [1.82, 2.24) is 9.80 Å². The first-order chi connectivity index (χ1) is 23.9. The Morgan fingerprint density at radius 1 is 0.840 bits per heavy atom. The number of rotatable bonds is 13. The summed E-state index contributed by atoms with van der Waals surface area (Å²) >= 11 is 0. The Labute approximate surface area is 294 Å². The van der Waals surface area contributed by atoms with Crippen LogP contribution in [0.1, 0.15) is 72.2 Å². The molecule has 2 saturated heterocycles. The number of amides is 2. The first kappa shape index (κ1) is 36.3. The lowest BCUT2D eigenvalue weighted by Crippen LogP contribution is -2.47. The molecule has 0 spiro atoms. The molecule has 4 aliphatic rings. The highest BCUT2D eigenvalue weighted by Gasteiger charge is 2.45. The Bertz CT molecular complexity index is 1790. The minimum atomic E-state index is -4.54. The topological polar surface area (TPSA) is 161 Å². The molecule has 0 aliphatic carbocycles. The lowest BCUT2D eigenvalue weighted by molar-refractivity contribution is 0.0707. The molecule has 4 aliphatic heterocycles. The van der Waals surface area contributed by atoms with Gasteiger partial charge in [-0.1, -0.05) is 13.8 Å². The molecule has 0 radical (unpaired) electrons. The minimum absolute atomic E-state index is 0.0382. The van der Waals surface area contributed by atoms with Crippen LogP contribution in [0, 0.1) is 5.92 Å². The summed E-state index contributed by atoms with van der Waals surface area (Å²) in [5.74, 6) is 1.52. The molecule has 0 aromatic heterocycles. The van der Waals surface area contributed by atoms with Gasteiger partial charge in [-0.15, -0.1) is 0 Å². The number of nitrogens with zero attached hydrogens (tertiary/aromatic N) is 2. The van der Waals surface area contributed by atoms with Gasteiger partial charge >= 0.3 is 0 Å². The summed E-state index contributed by atoms with van der Waals surface area (Å²) in [7, 11) is -4.32. The lowest BCUT2D eigenvalue weighted by atomic mass is 9.92. The van der Waals surface area contributed by atoms with E-state index in [0.29, 0.717) is 61.1 Å². The second-order valence-electron chi connectivity index (χ2n) is 13.8. The number of hydrogen-bond donors (Lipinski definition) is 2. The number of benzene rings is 2. The van der Waals surface area contributed by atoms with Crippen LogP contribution in [-0.4, -0.2) is 111 Å². The monoisotopic (exact) mass is 733 g/mol. The average molecular weight is 734 g/mol. The Morgan fingerprint density at radius 3 is 2.00 bits per heavy atom. The molecule has 4 heterocycles. The molecular formula is C35H48N3O10PS. The van der Waals surface area contributed by atoms with E-state index in [9.17, 15) is 27.1 Å². The summed E-state index contributed by atoms with van der Waals surface area (Å²) < 4.78 is 72.3. The standard InChI is InChI=1S/C35H48N3O10PS/c1-5-14-49(41,15-12-47-31-18-23-17-22(2)27-8-6-10-37(27)34(39)24(23)19-29(31)45-3)16-13-48-32-21-26-25(20-30(32)46-4)35(40)38-11-7-9-28(38)33(36-26)50(42,43)44/h18-22,27-28,33,36H,5-17H2,1-4H3,(H,42,43,44)/t22?,27-,28-,33?,49?/m0/s1. The van der Waals surface area contributed by atoms with Gasteiger partial charge in [0, 0.05) is 49.2 Å². The maximum atomic E-state index is 14.1. The number of fused-ring (bicyclic) bond motifs is 4. The summed E-state index contributed by atoms with van der Waals surface area (Å²) in [5, 5.41) is 1.48. The molecule has 2 aromatic rings. The van der Waals surface area contributed by atoms with Crippen LogP contribution in [0.4, 0.5) is 5.69 Å². The molecule has 2 fully saturated rings. The maximum Gasteiger partial charge on any atom is 0.288 e. The smallest absolute Gasteiger partial charge is 0.288 e. The molecule has 15 heteroatoms. The minimum Gasteiger partial charge on any atom is -0.493 e. The first-order valence-corrected chi connectivity index (χ1v) is 21.2. The van der Waals surface area contributed by atoms with E-state index in [1.165, 1.54) is 24.1 Å². The van der Waals surface area contributed by atoms with E-state index >= 15 is 0 Å². The zero-order chi connectivity index (χ0) is 35.8. The van der Waals surface area contributed by atoms with Gasteiger partial charge in [-0.2, -0.15) is 8.42 Å².